The Bertz CT molecular complexity index is 528. The van der Waals surface area contributed by atoms with Gasteiger partial charge in [-0.25, -0.2) is 0 Å². The molecule has 6 nitrogen and oxygen atoms in total. The molecule has 1 amide bonds. The van der Waals surface area contributed by atoms with E-state index in [2.05, 4.69) is 5.32 Å². The Balaban J connectivity index is 0.00000220. The molecule has 0 aliphatic carbocycles. The van der Waals surface area contributed by atoms with E-state index in [1.807, 2.05) is 11.9 Å². The quantitative estimate of drug-likeness (QED) is 0.685. The van der Waals surface area contributed by atoms with Gasteiger partial charge in [-0.2, -0.15) is 0 Å². The second-order valence-corrected chi connectivity index (χ2v) is 5.11. The maximum atomic E-state index is 12.4. The lowest BCUT2D eigenvalue weighted by molar-refractivity contribution is -0.384. The third kappa shape index (κ3) is 3.92. The molecule has 0 unspecified atom stereocenters. The fraction of sp³-hybridized carbons (Fsp3) is 0.500. The number of nitro groups is 1. The van der Waals surface area contributed by atoms with Crippen LogP contribution in [0.3, 0.4) is 0 Å². The molecule has 2 rings (SSSR count). The molecule has 1 fully saturated rings. The zero-order chi connectivity index (χ0) is 14.7. The van der Waals surface area contributed by atoms with Crippen molar-refractivity contribution in [3.8, 4) is 0 Å². The van der Waals surface area contributed by atoms with Crippen LogP contribution in [0.1, 0.15) is 28.8 Å². The number of nitrogens with one attached hydrogen (secondary N) is 1. The molecule has 116 valence electrons. The second-order valence-electron chi connectivity index (χ2n) is 5.11. The first kappa shape index (κ1) is 17.4. The summed E-state index contributed by atoms with van der Waals surface area (Å²) >= 11 is 0. The SMILES string of the molecule is CNC1CCN(C(=O)c2ccc([N+](=O)[O-])cc2C)CC1.Cl. The van der Waals surface area contributed by atoms with Crippen LogP contribution in [-0.4, -0.2) is 41.9 Å². The number of benzene rings is 1. The average molecular weight is 314 g/mol. The number of likely N-dealkylation sites (tertiary alicyclic amines) is 1. The largest absolute Gasteiger partial charge is 0.339 e. The van der Waals surface area contributed by atoms with Gasteiger partial charge < -0.3 is 10.2 Å². The molecular weight excluding hydrogens is 294 g/mol. The van der Waals surface area contributed by atoms with Crippen LogP contribution in [-0.2, 0) is 0 Å². The van der Waals surface area contributed by atoms with E-state index in [-0.39, 0.29) is 24.0 Å². The standard InChI is InChI=1S/C14H19N3O3.ClH/c1-10-9-12(17(19)20)3-4-13(10)14(18)16-7-5-11(15-2)6-8-16;/h3-4,9,11,15H,5-8H2,1-2H3;1H. The normalized spacial score (nSPS) is 15.4. The number of non-ortho nitro benzene ring substituents is 1. The Labute approximate surface area is 130 Å². The molecule has 1 N–H and O–H groups in total. The molecule has 0 saturated carbocycles. The lowest BCUT2D eigenvalue weighted by atomic mass is 10.0. The van der Waals surface area contributed by atoms with E-state index in [1.54, 1.807) is 13.0 Å². The summed E-state index contributed by atoms with van der Waals surface area (Å²) in [6, 6.07) is 4.87. The van der Waals surface area contributed by atoms with Crippen LogP contribution >= 0.6 is 12.4 Å². The van der Waals surface area contributed by atoms with Crippen LogP contribution in [0.15, 0.2) is 18.2 Å². The predicted octanol–water partition coefficient (Wildman–Crippen LogP) is 2.15. The topological polar surface area (TPSA) is 75.5 Å². The lowest BCUT2D eigenvalue weighted by Gasteiger charge is -2.32. The van der Waals surface area contributed by atoms with Crippen LogP contribution in [0.25, 0.3) is 0 Å². The first-order valence-corrected chi connectivity index (χ1v) is 6.74. The van der Waals surface area contributed by atoms with Gasteiger partial charge in [-0.3, -0.25) is 14.9 Å². The molecule has 21 heavy (non-hydrogen) atoms. The average Bonchev–Trinajstić information content (AvgIpc) is 2.46. The van der Waals surface area contributed by atoms with E-state index in [0.717, 1.165) is 25.9 Å². The highest BCUT2D eigenvalue weighted by atomic mass is 35.5. The Morgan fingerprint density at radius 2 is 2.00 bits per heavy atom. The summed E-state index contributed by atoms with van der Waals surface area (Å²) in [6.07, 6.45) is 1.88. The van der Waals surface area contributed by atoms with Gasteiger partial charge in [-0.05, 0) is 38.4 Å². The van der Waals surface area contributed by atoms with E-state index < -0.39 is 4.92 Å². The first-order chi connectivity index (χ1) is 9.52. The number of hydrogen-bond donors (Lipinski definition) is 1. The van der Waals surface area contributed by atoms with Crippen molar-refractivity contribution in [2.75, 3.05) is 20.1 Å². The Morgan fingerprint density at radius 1 is 1.38 bits per heavy atom. The van der Waals surface area contributed by atoms with Crippen molar-refractivity contribution < 1.29 is 9.72 Å². The number of halogens is 1. The molecule has 1 aromatic rings. The number of carbonyl (C=O) groups excluding carboxylic acids is 1. The number of nitro benzene ring substituents is 1. The van der Waals surface area contributed by atoms with Gasteiger partial charge in [-0.15, -0.1) is 12.4 Å². The van der Waals surface area contributed by atoms with E-state index in [0.29, 0.717) is 17.2 Å². The number of piperidine rings is 1. The zero-order valence-electron chi connectivity index (χ0n) is 12.2. The Hall–Kier alpha value is -1.66. The molecule has 1 saturated heterocycles. The molecule has 0 radical (unpaired) electrons. The first-order valence-electron chi connectivity index (χ1n) is 6.74. The van der Waals surface area contributed by atoms with Crippen molar-refractivity contribution in [2.45, 2.75) is 25.8 Å². The second kappa shape index (κ2) is 7.38. The number of amides is 1. The van der Waals surface area contributed by atoms with Gasteiger partial charge in [0.15, 0.2) is 0 Å². The van der Waals surface area contributed by atoms with E-state index in [9.17, 15) is 14.9 Å². The minimum Gasteiger partial charge on any atom is -0.339 e. The van der Waals surface area contributed by atoms with Crippen molar-refractivity contribution in [1.82, 2.24) is 10.2 Å². The van der Waals surface area contributed by atoms with Crippen molar-refractivity contribution in [1.29, 1.82) is 0 Å². The third-order valence-corrected chi connectivity index (χ3v) is 3.84. The smallest absolute Gasteiger partial charge is 0.269 e. The highest BCUT2D eigenvalue weighted by Crippen LogP contribution is 2.20. The van der Waals surface area contributed by atoms with Crippen LogP contribution in [0.4, 0.5) is 5.69 Å². The number of hydrogen-bond acceptors (Lipinski definition) is 4. The van der Waals surface area contributed by atoms with Crippen LogP contribution in [0.5, 0.6) is 0 Å². The van der Waals surface area contributed by atoms with E-state index >= 15 is 0 Å². The number of aryl methyl sites for hydroxylation is 1. The fourth-order valence-electron chi connectivity index (χ4n) is 2.54. The number of rotatable bonds is 3. The summed E-state index contributed by atoms with van der Waals surface area (Å²) in [7, 11) is 1.93. The molecule has 1 aliphatic rings. The molecule has 0 atom stereocenters. The van der Waals surface area contributed by atoms with E-state index in [4.69, 9.17) is 0 Å². The predicted molar refractivity (Wildman–Crippen MR) is 83.1 cm³/mol. The summed E-state index contributed by atoms with van der Waals surface area (Å²) in [6.45, 7) is 3.18. The molecule has 0 spiro atoms. The monoisotopic (exact) mass is 313 g/mol. The Kier molecular flexibility index (Phi) is 6.11. The zero-order valence-corrected chi connectivity index (χ0v) is 13.0. The van der Waals surface area contributed by atoms with Crippen molar-refractivity contribution >= 4 is 24.0 Å². The maximum Gasteiger partial charge on any atom is 0.269 e. The van der Waals surface area contributed by atoms with Crippen LogP contribution < -0.4 is 5.32 Å². The highest BCUT2D eigenvalue weighted by molar-refractivity contribution is 5.96. The Morgan fingerprint density at radius 3 is 2.48 bits per heavy atom. The van der Waals surface area contributed by atoms with Gasteiger partial charge >= 0.3 is 0 Å². The molecule has 7 heteroatoms. The van der Waals surface area contributed by atoms with Gasteiger partial charge in [0, 0.05) is 36.8 Å². The number of nitrogens with zero attached hydrogens (tertiary/aromatic N) is 2. The third-order valence-electron chi connectivity index (χ3n) is 3.84. The van der Waals surface area contributed by atoms with Crippen molar-refractivity contribution in [2.24, 2.45) is 0 Å². The van der Waals surface area contributed by atoms with Crippen molar-refractivity contribution in [3.05, 3.63) is 39.4 Å². The van der Waals surface area contributed by atoms with Gasteiger partial charge in [0.05, 0.1) is 4.92 Å². The summed E-state index contributed by atoms with van der Waals surface area (Å²) in [4.78, 5) is 24.5. The molecule has 0 aromatic heterocycles. The van der Waals surface area contributed by atoms with Crippen LogP contribution in [0, 0.1) is 17.0 Å². The summed E-state index contributed by atoms with van der Waals surface area (Å²) in [5, 5.41) is 13.9. The summed E-state index contributed by atoms with van der Waals surface area (Å²) in [5.41, 5.74) is 1.23. The van der Waals surface area contributed by atoms with Gasteiger partial charge in [-0.1, -0.05) is 0 Å². The molecule has 1 aromatic carbocycles. The summed E-state index contributed by atoms with van der Waals surface area (Å²) in [5.74, 6) is -0.0352. The van der Waals surface area contributed by atoms with Gasteiger partial charge in [0.1, 0.15) is 0 Å². The van der Waals surface area contributed by atoms with Crippen molar-refractivity contribution in [3.63, 3.8) is 0 Å². The molecular formula is C14H20ClN3O3. The fourth-order valence-corrected chi connectivity index (χ4v) is 2.54. The van der Waals surface area contributed by atoms with Gasteiger partial charge in [0.25, 0.3) is 11.6 Å². The van der Waals surface area contributed by atoms with E-state index in [1.165, 1.54) is 12.1 Å². The number of carbonyl (C=O) groups is 1. The molecule has 0 bridgehead atoms. The van der Waals surface area contributed by atoms with Gasteiger partial charge in [0.2, 0.25) is 0 Å². The summed E-state index contributed by atoms with van der Waals surface area (Å²) < 4.78 is 0. The minimum absolute atomic E-state index is 0. The molecule has 1 heterocycles. The van der Waals surface area contributed by atoms with Crippen LogP contribution in [0.2, 0.25) is 0 Å². The minimum atomic E-state index is -0.445. The molecule has 1 aliphatic heterocycles. The lowest BCUT2D eigenvalue weighted by Crippen LogP contribution is -2.44. The maximum absolute atomic E-state index is 12.4. The highest BCUT2D eigenvalue weighted by Gasteiger charge is 2.24.